The van der Waals surface area contributed by atoms with E-state index in [-0.39, 0.29) is 30.0 Å². The van der Waals surface area contributed by atoms with Crippen LogP contribution in [0.25, 0.3) is 0 Å². The van der Waals surface area contributed by atoms with Crippen LogP contribution in [-0.4, -0.2) is 31.4 Å². The van der Waals surface area contributed by atoms with Crippen molar-refractivity contribution < 1.29 is 14.0 Å². The highest BCUT2D eigenvalue weighted by Crippen LogP contribution is 2.14. The molecule has 1 aliphatic heterocycles. The van der Waals surface area contributed by atoms with E-state index in [2.05, 4.69) is 16.0 Å². The second-order valence-corrected chi connectivity index (χ2v) is 6.27. The van der Waals surface area contributed by atoms with Crippen molar-refractivity contribution in [2.24, 2.45) is 5.92 Å². The summed E-state index contributed by atoms with van der Waals surface area (Å²) in [6.07, 6.45) is 4.85. The molecule has 140 valence electrons. The van der Waals surface area contributed by atoms with E-state index >= 15 is 0 Å². The molecule has 0 spiro atoms. The summed E-state index contributed by atoms with van der Waals surface area (Å²) >= 11 is 0. The predicted octanol–water partition coefficient (Wildman–Crippen LogP) is 3.07. The fourth-order valence-corrected chi connectivity index (χ4v) is 3.00. The molecular formula is C19H24ClN3O3. The third-order valence-electron chi connectivity index (χ3n) is 4.36. The van der Waals surface area contributed by atoms with Crippen LogP contribution in [0, 0.1) is 5.92 Å². The first kappa shape index (κ1) is 20.0. The van der Waals surface area contributed by atoms with Crippen LogP contribution in [0.4, 0.5) is 5.69 Å². The molecular weight excluding hydrogens is 354 g/mol. The molecule has 3 N–H and O–H groups in total. The summed E-state index contributed by atoms with van der Waals surface area (Å²) in [5.74, 6) is 0.397. The van der Waals surface area contributed by atoms with Crippen molar-refractivity contribution in [3.05, 3.63) is 54.0 Å². The van der Waals surface area contributed by atoms with Crippen LogP contribution in [0.2, 0.25) is 0 Å². The Hall–Kier alpha value is -2.31. The molecule has 3 rings (SSSR count). The van der Waals surface area contributed by atoms with Crippen LogP contribution in [-0.2, 0) is 0 Å². The van der Waals surface area contributed by atoms with Crippen molar-refractivity contribution in [3.8, 4) is 0 Å². The smallest absolute Gasteiger partial charge is 0.291 e. The quantitative estimate of drug-likeness (QED) is 0.722. The number of rotatable bonds is 6. The molecule has 1 aromatic carbocycles. The van der Waals surface area contributed by atoms with Crippen LogP contribution >= 0.6 is 12.4 Å². The van der Waals surface area contributed by atoms with Gasteiger partial charge in [-0.15, -0.1) is 12.4 Å². The van der Waals surface area contributed by atoms with Crippen LogP contribution in [0.15, 0.2) is 47.1 Å². The van der Waals surface area contributed by atoms with Gasteiger partial charge >= 0.3 is 0 Å². The number of carbonyl (C=O) groups is 2. The molecule has 0 bridgehead atoms. The van der Waals surface area contributed by atoms with Crippen LogP contribution in [0.1, 0.15) is 40.2 Å². The molecule has 2 heterocycles. The second kappa shape index (κ2) is 9.99. The number of hydrogen-bond acceptors (Lipinski definition) is 4. The topological polar surface area (TPSA) is 83.4 Å². The van der Waals surface area contributed by atoms with E-state index in [4.69, 9.17) is 4.42 Å². The normalized spacial score (nSPS) is 16.4. The molecule has 0 aliphatic carbocycles. The average molecular weight is 378 g/mol. The van der Waals surface area contributed by atoms with Gasteiger partial charge in [0.2, 0.25) is 0 Å². The minimum Gasteiger partial charge on any atom is -0.459 e. The number of anilines is 1. The van der Waals surface area contributed by atoms with Crippen LogP contribution in [0.3, 0.4) is 0 Å². The first-order chi connectivity index (χ1) is 12.2. The van der Waals surface area contributed by atoms with Gasteiger partial charge in [-0.05, 0) is 68.6 Å². The zero-order valence-electron chi connectivity index (χ0n) is 14.5. The lowest BCUT2D eigenvalue weighted by Gasteiger charge is -2.22. The minimum atomic E-state index is -0.340. The lowest BCUT2D eigenvalue weighted by Crippen LogP contribution is -2.33. The van der Waals surface area contributed by atoms with Crippen molar-refractivity contribution in [2.45, 2.75) is 19.3 Å². The van der Waals surface area contributed by atoms with Gasteiger partial charge in [0.25, 0.3) is 11.8 Å². The zero-order chi connectivity index (χ0) is 17.5. The summed E-state index contributed by atoms with van der Waals surface area (Å²) in [7, 11) is 0. The third-order valence-corrected chi connectivity index (χ3v) is 4.36. The van der Waals surface area contributed by atoms with Crippen molar-refractivity contribution >= 4 is 29.9 Å². The molecule has 1 aromatic heterocycles. The third kappa shape index (κ3) is 5.61. The summed E-state index contributed by atoms with van der Waals surface area (Å²) in [6.45, 7) is 2.79. The highest BCUT2D eigenvalue weighted by molar-refractivity contribution is 6.03. The Morgan fingerprint density at radius 1 is 1.19 bits per heavy atom. The number of benzene rings is 1. The number of amides is 2. The fraction of sp³-hybridized carbons (Fsp3) is 0.368. The highest BCUT2D eigenvalue weighted by atomic mass is 35.5. The van der Waals surface area contributed by atoms with Gasteiger partial charge < -0.3 is 20.4 Å². The fourth-order valence-electron chi connectivity index (χ4n) is 3.00. The largest absolute Gasteiger partial charge is 0.459 e. The summed E-state index contributed by atoms with van der Waals surface area (Å²) in [4.78, 5) is 24.3. The summed E-state index contributed by atoms with van der Waals surface area (Å²) in [5, 5.41) is 9.06. The first-order valence-corrected chi connectivity index (χ1v) is 8.66. The van der Waals surface area contributed by atoms with Crippen molar-refractivity contribution in [1.29, 1.82) is 0 Å². The average Bonchev–Trinajstić information content (AvgIpc) is 3.18. The van der Waals surface area contributed by atoms with Crippen LogP contribution in [0.5, 0.6) is 0 Å². The lowest BCUT2D eigenvalue weighted by molar-refractivity contribution is 0.0948. The Balaban J connectivity index is 0.00000243. The van der Waals surface area contributed by atoms with Crippen molar-refractivity contribution in [3.63, 3.8) is 0 Å². The van der Waals surface area contributed by atoms with Gasteiger partial charge in [0, 0.05) is 17.8 Å². The van der Waals surface area contributed by atoms with Gasteiger partial charge in [-0.1, -0.05) is 6.07 Å². The lowest BCUT2D eigenvalue weighted by atomic mass is 9.96. The molecule has 2 aromatic rings. The monoisotopic (exact) mass is 377 g/mol. The maximum absolute atomic E-state index is 12.3. The number of nitrogens with one attached hydrogen (secondary N) is 3. The number of carbonyl (C=O) groups excluding carboxylic acids is 2. The highest BCUT2D eigenvalue weighted by Gasteiger charge is 2.14. The van der Waals surface area contributed by atoms with E-state index in [9.17, 15) is 9.59 Å². The van der Waals surface area contributed by atoms with E-state index in [0.717, 1.165) is 19.5 Å². The first-order valence-electron chi connectivity index (χ1n) is 8.66. The summed E-state index contributed by atoms with van der Waals surface area (Å²) < 4.78 is 5.06. The number of halogens is 1. The second-order valence-electron chi connectivity index (χ2n) is 6.27. The minimum absolute atomic E-state index is 0. The molecule has 1 saturated heterocycles. The molecule has 6 nitrogen and oxygen atoms in total. The van der Waals surface area contributed by atoms with Gasteiger partial charge in [-0.2, -0.15) is 0 Å². The summed E-state index contributed by atoms with van der Waals surface area (Å²) in [5.41, 5.74) is 1.09. The van der Waals surface area contributed by atoms with E-state index < -0.39 is 0 Å². The molecule has 1 fully saturated rings. The van der Waals surface area contributed by atoms with Gasteiger partial charge in [-0.3, -0.25) is 9.59 Å². The number of furan rings is 1. The Bertz CT molecular complexity index is 713. The van der Waals surface area contributed by atoms with E-state index in [0.29, 0.717) is 23.7 Å². The SMILES string of the molecule is Cl.O=C(NCCC1CCCNC1)c1cccc(NC(=O)c2ccco2)c1. The molecule has 1 atom stereocenters. The molecule has 1 aliphatic rings. The Labute approximate surface area is 159 Å². The Morgan fingerprint density at radius 2 is 2.08 bits per heavy atom. The molecule has 26 heavy (non-hydrogen) atoms. The molecule has 0 saturated carbocycles. The molecule has 1 unspecified atom stereocenters. The maximum Gasteiger partial charge on any atom is 0.291 e. The van der Waals surface area contributed by atoms with E-state index in [1.54, 1.807) is 36.4 Å². The van der Waals surface area contributed by atoms with E-state index in [1.807, 2.05) is 0 Å². The van der Waals surface area contributed by atoms with E-state index in [1.165, 1.54) is 19.1 Å². The van der Waals surface area contributed by atoms with Gasteiger partial charge in [0.1, 0.15) is 0 Å². The Kier molecular flexibility index (Phi) is 7.69. The molecule has 2 amide bonds. The van der Waals surface area contributed by atoms with Crippen molar-refractivity contribution in [2.75, 3.05) is 25.0 Å². The van der Waals surface area contributed by atoms with Gasteiger partial charge in [-0.25, -0.2) is 0 Å². The van der Waals surface area contributed by atoms with Crippen molar-refractivity contribution in [1.82, 2.24) is 10.6 Å². The maximum atomic E-state index is 12.3. The van der Waals surface area contributed by atoms with Crippen LogP contribution < -0.4 is 16.0 Å². The molecule has 7 heteroatoms. The predicted molar refractivity (Wildman–Crippen MR) is 103 cm³/mol. The molecule has 0 radical (unpaired) electrons. The standard InChI is InChI=1S/C19H23N3O3.ClH/c23-18(21-10-8-14-4-2-9-20-13-14)15-5-1-6-16(12-15)22-19(24)17-7-3-11-25-17;/h1,3,5-7,11-12,14,20H,2,4,8-10,13H2,(H,21,23)(H,22,24);1H. The zero-order valence-corrected chi connectivity index (χ0v) is 15.3. The Morgan fingerprint density at radius 3 is 2.81 bits per heavy atom. The van der Waals surface area contributed by atoms with Gasteiger partial charge in [0.05, 0.1) is 6.26 Å². The summed E-state index contributed by atoms with van der Waals surface area (Å²) in [6, 6.07) is 10.1. The van der Waals surface area contributed by atoms with Gasteiger partial charge in [0.15, 0.2) is 5.76 Å². The number of piperidine rings is 1. The number of hydrogen-bond donors (Lipinski definition) is 3.